The molecule has 0 bridgehead atoms. The maximum atomic E-state index is 11.7. The van der Waals surface area contributed by atoms with E-state index in [2.05, 4.69) is 10.5 Å². The van der Waals surface area contributed by atoms with E-state index >= 15 is 0 Å². The van der Waals surface area contributed by atoms with Crippen molar-refractivity contribution in [1.29, 1.82) is 0 Å². The fraction of sp³-hybridized carbons (Fsp3) is 0.636. The average molecular weight is 208 g/mol. The largest absolute Gasteiger partial charge is 0.511 e. The van der Waals surface area contributed by atoms with Crippen LogP contribution in [0.25, 0.3) is 0 Å². The minimum atomic E-state index is 0.0413. The van der Waals surface area contributed by atoms with Crippen LogP contribution in [0.3, 0.4) is 0 Å². The number of hydrogen-bond donors (Lipinski definition) is 2. The highest BCUT2D eigenvalue weighted by Gasteiger charge is 2.33. The van der Waals surface area contributed by atoms with Crippen LogP contribution in [-0.2, 0) is 4.79 Å². The van der Waals surface area contributed by atoms with Gasteiger partial charge in [0.15, 0.2) is 5.78 Å². The van der Waals surface area contributed by atoms with E-state index in [-0.39, 0.29) is 17.5 Å². The standard InChI is InChI=1S/C11H16N2O2/c1-12-13-8-3-2-4-9(14)10(8)11(15)7-5-6-7/h7,12,15H,2-6H2,1H3. The van der Waals surface area contributed by atoms with E-state index in [0.29, 0.717) is 12.0 Å². The minimum absolute atomic E-state index is 0.0413. The van der Waals surface area contributed by atoms with Crippen LogP contribution in [0.15, 0.2) is 16.4 Å². The molecule has 2 rings (SSSR count). The Bertz CT molecular complexity index is 340. The fourth-order valence-electron chi connectivity index (χ4n) is 1.93. The molecule has 0 aromatic carbocycles. The topological polar surface area (TPSA) is 61.7 Å². The Kier molecular flexibility index (Phi) is 2.75. The summed E-state index contributed by atoms with van der Waals surface area (Å²) in [6.07, 6.45) is 4.14. The molecule has 2 N–H and O–H groups in total. The van der Waals surface area contributed by atoms with Crippen LogP contribution < -0.4 is 5.43 Å². The van der Waals surface area contributed by atoms with Crippen molar-refractivity contribution in [2.75, 3.05) is 7.05 Å². The molecule has 82 valence electrons. The van der Waals surface area contributed by atoms with Gasteiger partial charge >= 0.3 is 0 Å². The molecule has 4 heteroatoms. The summed E-state index contributed by atoms with van der Waals surface area (Å²) in [5.74, 6) is 0.525. The first kappa shape index (κ1) is 10.2. The van der Waals surface area contributed by atoms with Crippen LogP contribution in [0.5, 0.6) is 0 Å². The summed E-state index contributed by atoms with van der Waals surface area (Å²) in [4.78, 5) is 11.7. The summed E-state index contributed by atoms with van der Waals surface area (Å²) < 4.78 is 0. The Morgan fingerprint density at radius 1 is 1.47 bits per heavy atom. The SMILES string of the molecule is CNN=C1CCCC(=O)C1=C(O)C1CC1. The van der Waals surface area contributed by atoms with Crippen molar-refractivity contribution in [2.45, 2.75) is 32.1 Å². The van der Waals surface area contributed by atoms with E-state index in [9.17, 15) is 9.90 Å². The van der Waals surface area contributed by atoms with Crippen LogP contribution in [0.4, 0.5) is 0 Å². The molecular formula is C11H16N2O2. The molecule has 4 nitrogen and oxygen atoms in total. The molecule has 0 aliphatic heterocycles. The van der Waals surface area contributed by atoms with Gasteiger partial charge in [-0.2, -0.15) is 5.10 Å². The van der Waals surface area contributed by atoms with Crippen LogP contribution in [0.1, 0.15) is 32.1 Å². The number of nitrogens with zero attached hydrogens (tertiary/aromatic N) is 1. The summed E-state index contributed by atoms with van der Waals surface area (Å²) in [6.45, 7) is 0. The zero-order chi connectivity index (χ0) is 10.8. The lowest BCUT2D eigenvalue weighted by Crippen LogP contribution is -2.23. The van der Waals surface area contributed by atoms with Crippen LogP contribution in [-0.4, -0.2) is 23.6 Å². The van der Waals surface area contributed by atoms with E-state index in [1.54, 1.807) is 7.05 Å². The second-order valence-electron chi connectivity index (χ2n) is 4.09. The van der Waals surface area contributed by atoms with Gasteiger partial charge in [-0.1, -0.05) is 0 Å². The number of carbonyl (C=O) groups is 1. The highest BCUT2D eigenvalue weighted by molar-refractivity contribution is 6.24. The van der Waals surface area contributed by atoms with Crippen molar-refractivity contribution in [3.63, 3.8) is 0 Å². The molecular weight excluding hydrogens is 192 g/mol. The van der Waals surface area contributed by atoms with E-state index in [1.165, 1.54) is 0 Å². The lowest BCUT2D eigenvalue weighted by atomic mass is 9.89. The van der Waals surface area contributed by atoms with Gasteiger partial charge in [0.25, 0.3) is 0 Å². The number of aliphatic hydroxyl groups excluding tert-OH is 1. The van der Waals surface area contributed by atoms with Crippen molar-refractivity contribution in [1.82, 2.24) is 5.43 Å². The van der Waals surface area contributed by atoms with Gasteiger partial charge in [-0.15, -0.1) is 0 Å². The number of Topliss-reactive ketones (excluding diaryl/α,β-unsaturated/α-hetero) is 1. The number of ketones is 1. The Labute approximate surface area is 89.1 Å². The first-order valence-electron chi connectivity index (χ1n) is 5.44. The summed E-state index contributed by atoms with van der Waals surface area (Å²) in [7, 11) is 1.71. The van der Waals surface area contributed by atoms with E-state index in [4.69, 9.17) is 0 Å². The van der Waals surface area contributed by atoms with Gasteiger partial charge in [0, 0.05) is 19.4 Å². The zero-order valence-corrected chi connectivity index (χ0v) is 8.92. The van der Waals surface area contributed by atoms with Crippen molar-refractivity contribution < 1.29 is 9.90 Å². The molecule has 0 saturated heterocycles. The Morgan fingerprint density at radius 3 is 2.80 bits per heavy atom. The maximum absolute atomic E-state index is 11.7. The van der Waals surface area contributed by atoms with Gasteiger partial charge in [0.2, 0.25) is 0 Å². The second-order valence-corrected chi connectivity index (χ2v) is 4.09. The predicted octanol–water partition coefficient (Wildman–Crippen LogP) is 1.54. The third-order valence-electron chi connectivity index (χ3n) is 2.85. The molecule has 0 atom stereocenters. The molecule has 0 heterocycles. The number of nitrogens with one attached hydrogen (secondary N) is 1. The Hall–Kier alpha value is -1.32. The van der Waals surface area contributed by atoms with Crippen molar-refractivity contribution in [2.24, 2.45) is 11.0 Å². The highest BCUT2D eigenvalue weighted by atomic mass is 16.3. The molecule has 2 saturated carbocycles. The van der Waals surface area contributed by atoms with Crippen LogP contribution in [0, 0.1) is 5.92 Å². The molecule has 15 heavy (non-hydrogen) atoms. The second kappa shape index (κ2) is 4.04. The van der Waals surface area contributed by atoms with Crippen molar-refractivity contribution >= 4 is 11.5 Å². The predicted molar refractivity (Wildman–Crippen MR) is 57.7 cm³/mol. The highest BCUT2D eigenvalue weighted by Crippen LogP contribution is 2.38. The third kappa shape index (κ3) is 2.03. The zero-order valence-electron chi connectivity index (χ0n) is 8.92. The summed E-state index contributed by atoms with van der Waals surface area (Å²) >= 11 is 0. The molecule has 0 amide bonds. The van der Waals surface area contributed by atoms with Gasteiger partial charge < -0.3 is 10.5 Å². The van der Waals surface area contributed by atoms with E-state index < -0.39 is 0 Å². The van der Waals surface area contributed by atoms with Gasteiger partial charge in [-0.25, -0.2) is 0 Å². The van der Waals surface area contributed by atoms with Gasteiger partial charge in [0.05, 0.1) is 11.3 Å². The normalized spacial score (nSPS) is 28.1. The maximum Gasteiger partial charge on any atom is 0.168 e. The minimum Gasteiger partial charge on any atom is -0.511 e. The molecule has 2 fully saturated rings. The molecule has 0 spiro atoms. The lowest BCUT2D eigenvalue weighted by molar-refractivity contribution is -0.115. The van der Waals surface area contributed by atoms with Gasteiger partial charge in [-0.05, 0) is 25.7 Å². The quantitative estimate of drug-likeness (QED) is 0.411. The molecule has 0 radical (unpaired) electrons. The first-order valence-corrected chi connectivity index (χ1v) is 5.44. The van der Waals surface area contributed by atoms with Crippen molar-refractivity contribution in [3.05, 3.63) is 11.3 Å². The Morgan fingerprint density at radius 2 is 2.20 bits per heavy atom. The summed E-state index contributed by atoms with van der Waals surface area (Å²) in [5, 5.41) is 14.0. The smallest absolute Gasteiger partial charge is 0.168 e. The summed E-state index contributed by atoms with van der Waals surface area (Å²) in [5.41, 5.74) is 3.90. The first-order chi connectivity index (χ1) is 7.24. The van der Waals surface area contributed by atoms with Crippen LogP contribution in [0.2, 0.25) is 0 Å². The fourth-order valence-corrected chi connectivity index (χ4v) is 1.93. The molecule has 0 aromatic rings. The number of hydrogen-bond acceptors (Lipinski definition) is 4. The molecule has 0 unspecified atom stereocenters. The van der Waals surface area contributed by atoms with E-state index in [0.717, 1.165) is 31.4 Å². The van der Waals surface area contributed by atoms with Gasteiger partial charge in [0.1, 0.15) is 5.76 Å². The number of hydrazone groups is 1. The Balaban J connectivity index is 2.33. The number of rotatable bonds is 2. The summed E-state index contributed by atoms with van der Waals surface area (Å²) in [6, 6.07) is 0. The average Bonchev–Trinajstić information content (AvgIpc) is 3.01. The molecule has 2 aliphatic carbocycles. The number of allylic oxidation sites excluding steroid dienone is 2. The van der Waals surface area contributed by atoms with E-state index in [1.807, 2.05) is 0 Å². The number of aliphatic hydroxyl groups is 1. The van der Waals surface area contributed by atoms with Crippen LogP contribution >= 0.6 is 0 Å². The third-order valence-corrected chi connectivity index (χ3v) is 2.85. The molecule has 2 aliphatic rings. The lowest BCUT2D eigenvalue weighted by Gasteiger charge is -2.17. The van der Waals surface area contributed by atoms with Gasteiger partial charge in [-0.3, -0.25) is 4.79 Å². The number of carbonyl (C=O) groups excluding carboxylic acids is 1. The molecule has 0 aromatic heterocycles. The monoisotopic (exact) mass is 208 g/mol. The van der Waals surface area contributed by atoms with Crippen molar-refractivity contribution in [3.8, 4) is 0 Å².